The van der Waals surface area contributed by atoms with Gasteiger partial charge in [0, 0.05) is 25.2 Å². The molecule has 3 aromatic rings. The molecule has 2 aromatic heterocycles. The molecule has 1 aromatic carbocycles. The molecule has 2 N–H and O–H groups in total. The number of urea groups is 1. The Hall–Kier alpha value is -2.59. The second-order valence-corrected chi connectivity index (χ2v) is 9.20. The van der Waals surface area contributed by atoms with E-state index in [1.54, 1.807) is 12.1 Å². The van der Waals surface area contributed by atoms with Crippen molar-refractivity contribution >= 4 is 50.1 Å². The molecule has 1 aliphatic rings. The van der Waals surface area contributed by atoms with Gasteiger partial charge in [-0.05, 0) is 37.0 Å². The van der Waals surface area contributed by atoms with Gasteiger partial charge >= 0.3 is 12.2 Å². The summed E-state index contributed by atoms with van der Waals surface area (Å²) < 4.78 is 40.5. The van der Waals surface area contributed by atoms with E-state index in [1.807, 2.05) is 11.0 Å². The zero-order chi connectivity index (χ0) is 22.9. The van der Waals surface area contributed by atoms with Crippen LogP contribution in [0.25, 0.3) is 10.2 Å². The summed E-state index contributed by atoms with van der Waals surface area (Å²) in [5.41, 5.74) is 0.184. The normalized spacial score (nSPS) is 15.2. The molecule has 0 spiro atoms. The van der Waals surface area contributed by atoms with Crippen LogP contribution in [0.1, 0.15) is 31.0 Å². The van der Waals surface area contributed by atoms with Gasteiger partial charge in [-0.1, -0.05) is 42.0 Å². The molecule has 32 heavy (non-hydrogen) atoms. The Balaban J connectivity index is 1.48. The lowest BCUT2D eigenvalue weighted by Gasteiger charge is -2.33. The van der Waals surface area contributed by atoms with Gasteiger partial charge in [0.2, 0.25) is 0 Å². The quantitative estimate of drug-likeness (QED) is 0.483. The fraction of sp³-hybridized carbons (Fsp3) is 0.381. The molecule has 0 unspecified atom stereocenters. The number of hydrogen-bond donors (Lipinski definition) is 2. The number of nitrogens with zero attached hydrogens (tertiary/aromatic N) is 3. The second kappa shape index (κ2) is 9.11. The summed E-state index contributed by atoms with van der Waals surface area (Å²) in [6.45, 7) is 3.41. The van der Waals surface area contributed by atoms with Gasteiger partial charge < -0.3 is 10.2 Å². The van der Waals surface area contributed by atoms with Crippen molar-refractivity contribution in [3.05, 3.63) is 46.6 Å². The fourth-order valence-corrected chi connectivity index (χ4v) is 4.71. The highest BCUT2D eigenvalue weighted by atomic mass is 35.5. The third-order valence-corrected chi connectivity index (χ3v) is 6.60. The second-order valence-electron chi connectivity index (χ2n) is 7.76. The van der Waals surface area contributed by atoms with E-state index in [0.717, 1.165) is 23.6 Å². The number of carbonyl (C=O) groups excluding carboxylic acids is 1. The van der Waals surface area contributed by atoms with Crippen LogP contribution in [-0.2, 0) is 12.7 Å². The van der Waals surface area contributed by atoms with Crippen LogP contribution < -0.4 is 15.5 Å². The number of fused-ring (bicyclic) bond motifs is 1. The van der Waals surface area contributed by atoms with Gasteiger partial charge in [-0.3, -0.25) is 5.32 Å². The number of carbonyl (C=O) groups is 1. The van der Waals surface area contributed by atoms with Crippen LogP contribution in [0, 0.1) is 5.92 Å². The van der Waals surface area contributed by atoms with Gasteiger partial charge in [0.05, 0.1) is 9.72 Å². The third kappa shape index (κ3) is 5.07. The summed E-state index contributed by atoms with van der Waals surface area (Å²) in [6.07, 6.45) is -2.77. The Morgan fingerprint density at radius 2 is 1.97 bits per heavy atom. The van der Waals surface area contributed by atoms with Gasteiger partial charge in [0.25, 0.3) is 0 Å². The largest absolute Gasteiger partial charge is 0.433 e. The Kier molecular flexibility index (Phi) is 6.43. The monoisotopic (exact) mass is 483 g/mol. The van der Waals surface area contributed by atoms with Gasteiger partial charge in [-0.15, -0.1) is 0 Å². The Labute approximate surface area is 191 Å². The zero-order valence-corrected chi connectivity index (χ0v) is 18.7. The van der Waals surface area contributed by atoms with E-state index >= 15 is 0 Å². The molecule has 4 rings (SSSR count). The molecule has 0 atom stereocenters. The van der Waals surface area contributed by atoms with Crippen LogP contribution in [-0.4, -0.2) is 29.1 Å². The first kappa shape index (κ1) is 22.6. The van der Waals surface area contributed by atoms with Crippen molar-refractivity contribution in [2.75, 3.05) is 23.3 Å². The van der Waals surface area contributed by atoms with Gasteiger partial charge in [0.15, 0.2) is 5.13 Å². The van der Waals surface area contributed by atoms with Gasteiger partial charge in [0.1, 0.15) is 17.0 Å². The first-order valence-corrected chi connectivity index (χ1v) is 11.3. The molecule has 0 radical (unpaired) electrons. The van der Waals surface area contributed by atoms with Crippen molar-refractivity contribution in [2.24, 2.45) is 5.92 Å². The molecule has 11 heteroatoms. The molecule has 1 fully saturated rings. The molecular formula is C21H21ClF3N5OS. The molecule has 0 saturated carbocycles. The Morgan fingerprint density at radius 3 is 2.66 bits per heavy atom. The van der Waals surface area contributed by atoms with Crippen LogP contribution in [0.15, 0.2) is 30.3 Å². The average Bonchev–Trinajstić information content (AvgIpc) is 3.16. The lowest BCUT2D eigenvalue weighted by atomic mass is 9.99. The zero-order valence-electron chi connectivity index (χ0n) is 17.2. The van der Waals surface area contributed by atoms with E-state index in [0.29, 0.717) is 40.2 Å². The molecule has 3 heterocycles. The Bertz CT molecular complexity index is 1130. The number of anilines is 2. The highest BCUT2D eigenvalue weighted by molar-refractivity contribution is 7.22. The molecule has 170 valence electrons. The van der Waals surface area contributed by atoms with E-state index in [1.165, 1.54) is 17.4 Å². The highest BCUT2D eigenvalue weighted by Gasteiger charge is 2.34. The molecule has 2 amide bonds. The van der Waals surface area contributed by atoms with Crippen molar-refractivity contribution < 1.29 is 18.0 Å². The molecular weight excluding hydrogens is 463 g/mol. The number of rotatable bonds is 4. The molecule has 0 bridgehead atoms. The van der Waals surface area contributed by atoms with Crippen molar-refractivity contribution in [3.8, 4) is 0 Å². The molecule has 0 aliphatic carbocycles. The maximum atomic E-state index is 13.2. The number of nitrogens with one attached hydrogen (secondary N) is 2. The minimum absolute atomic E-state index is 0.0318. The first-order valence-electron chi connectivity index (χ1n) is 10.1. The first-order chi connectivity index (χ1) is 15.2. The molecule has 6 nitrogen and oxygen atoms in total. The van der Waals surface area contributed by atoms with Crippen LogP contribution in [0.3, 0.4) is 0 Å². The van der Waals surface area contributed by atoms with E-state index in [-0.39, 0.29) is 12.4 Å². The number of pyridine rings is 1. The third-order valence-electron chi connectivity index (χ3n) is 5.36. The number of amides is 2. The fourth-order valence-electron chi connectivity index (χ4n) is 3.55. The van der Waals surface area contributed by atoms with Crippen LogP contribution in [0.5, 0.6) is 0 Å². The SMILES string of the molecule is CC1CCN(c2nc(C(F)(F)F)ccc2CNC(=O)Nc2nc3c(Cl)cccc3s2)CC1. The average molecular weight is 484 g/mol. The van der Waals surface area contributed by atoms with Crippen molar-refractivity contribution in [1.82, 2.24) is 15.3 Å². The number of aromatic nitrogens is 2. The maximum Gasteiger partial charge on any atom is 0.433 e. The predicted octanol–water partition coefficient (Wildman–Crippen LogP) is 5.92. The van der Waals surface area contributed by atoms with Crippen molar-refractivity contribution in [1.29, 1.82) is 0 Å². The number of alkyl halides is 3. The number of hydrogen-bond acceptors (Lipinski definition) is 5. The van der Waals surface area contributed by atoms with E-state index in [2.05, 4.69) is 27.5 Å². The number of benzene rings is 1. The van der Waals surface area contributed by atoms with Crippen molar-refractivity contribution in [3.63, 3.8) is 0 Å². The summed E-state index contributed by atoms with van der Waals surface area (Å²) in [4.78, 5) is 22.5. The number of piperidine rings is 1. The lowest BCUT2D eigenvalue weighted by molar-refractivity contribution is -0.141. The predicted molar refractivity (Wildman–Crippen MR) is 120 cm³/mol. The summed E-state index contributed by atoms with van der Waals surface area (Å²) in [5, 5.41) is 6.21. The number of halogens is 4. The van der Waals surface area contributed by atoms with Crippen LogP contribution in [0.4, 0.5) is 28.9 Å². The summed E-state index contributed by atoms with van der Waals surface area (Å²) in [6, 6.07) is 7.17. The van der Waals surface area contributed by atoms with E-state index in [4.69, 9.17) is 11.6 Å². The highest BCUT2D eigenvalue weighted by Crippen LogP contribution is 2.33. The minimum Gasteiger partial charge on any atom is -0.356 e. The van der Waals surface area contributed by atoms with Crippen LogP contribution >= 0.6 is 22.9 Å². The summed E-state index contributed by atoms with van der Waals surface area (Å²) >= 11 is 7.40. The smallest absolute Gasteiger partial charge is 0.356 e. The lowest BCUT2D eigenvalue weighted by Crippen LogP contribution is -2.35. The van der Waals surface area contributed by atoms with E-state index in [9.17, 15) is 18.0 Å². The van der Waals surface area contributed by atoms with Gasteiger partial charge in [-0.2, -0.15) is 13.2 Å². The maximum absolute atomic E-state index is 13.2. The molecule has 1 aliphatic heterocycles. The van der Waals surface area contributed by atoms with E-state index < -0.39 is 17.9 Å². The van der Waals surface area contributed by atoms with Crippen molar-refractivity contribution in [2.45, 2.75) is 32.5 Å². The summed E-state index contributed by atoms with van der Waals surface area (Å²) in [5.74, 6) is 0.783. The Morgan fingerprint density at radius 1 is 1.22 bits per heavy atom. The summed E-state index contributed by atoms with van der Waals surface area (Å²) in [7, 11) is 0. The van der Waals surface area contributed by atoms with Crippen LogP contribution in [0.2, 0.25) is 5.02 Å². The standard InChI is InChI=1S/C21H21ClF3N5OS/c1-12-7-9-30(10-8-12)18-13(5-6-16(27-18)21(23,24)25)11-26-19(31)29-20-28-17-14(22)3-2-4-15(17)32-20/h2-6,12H,7-11H2,1H3,(H2,26,28,29,31). The molecule has 1 saturated heterocycles. The topological polar surface area (TPSA) is 70.2 Å². The number of para-hydroxylation sites is 1. The van der Waals surface area contributed by atoms with Gasteiger partial charge in [-0.25, -0.2) is 14.8 Å². The minimum atomic E-state index is -4.53. The number of thiazole rings is 1.